The number of ether oxygens (including phenoxy) is 1. The molecule has 0 aliphatic carbocycles. The Morgan fingerprint density at radius 2 is 2.07 bits per heavy atom. The molecule has 4 nitrogen and oxygen atoms in total. The van der Waals surface area contributed by atoms with Crippen molar-refractivity contribution in [3.8, 4) is 0 Å². The molecule has 0 aromatic heterocycles. The number of amides is 1. The second-order valence-corrected chi connectivity index (χ2v) is 3.39. The van der Waals surface area contributed by atoms with Gasteiger partial charge in [0.1, 0.15) is 6.61 Å². The minimum Gasteiger partial charge on any atom is -0.447 e. The SMILES string of the molecule is CC1COC(=O)N1c1ccc(N)cc1. The summed E-state index contributed by atoms with van der Waals surface area (Å²) in [6.07, 6.45) is -0.290. The predicted octanol–water partition coefficient (Wildman–Crippen LogP) is 1.61. The van der Waals surface area contributed by atoms with Gasteiger partial charge < -0.3 is 10.5 Å². The van der Waals surface area contributed by atoms with Crippen molar-refractivity contribution in [3.05, 3.63) is 24.3 Å². The van der Waals surface area contributed by atoms with Crippen LogP contribution in [0.1, 0.15) is 6.92 Å². The Labute approximate surface area is 82.3 Å². The van der Waals surface area contributed by atoms with Gasteiger partial charge in [-0.05, 0) is 31.2 Å². The van der Waals surface area contributed by atoms with Crippen molar-refractivity contribution >= 4 is 17.5 Å². The van der Waals surface area contributed by atoms with Gasteiger partial charge in [0.2, 0.25) is 0 Å². The second kappa shape index (κ2) is 3.21. The molecular weight excluding hydrogens is 180 g/mol. The molecule has 74 valence electrons. The van der Waals surface area contributed by atoms with Gasteiger partial charge in [0.15, 0.2) is 0 Å². The molecular formula is C10H12N2O2. The minimum atomic E-state index is -0.290. The van der Waals surface area contributed by atoms with E-state index in [9.17, 15) is 4.79 Å². The summed E-state index contributed by atoms with van der Waals surface area (Å²) in [7, 11) is 0. The molecule has 1 fully saturated rings. The molecule has 2 rings (SSSR count). The van der Waals surface area contributed by atoms with Gasteiger partial charge in [-0.3, -0.25) is 4.90 Å². The molecule has 1 aromatic carbocycles. The first-order chi connectivity index (χ1) is 6.68. The maximum atomic E-state index is 11.3. The molecule has 1 unspecified atom stereocenters. The summed E-state index contributed by atoms with van der Waals surface area (Å²) in [5, 5.41) is 0. The molecule has 14 heavy (non-hydrogen) atoms. The number of rotatable bonds is 1. The van der Waals surface area contributed by atoms with Crippen LogP contribution >= 0.6 is 0 Å². The van der Waals surface area contributed by atoms with Crippen molar-refractivity contribution in [3.63, 3.8) is 0 Å². The summed E-state index contributed by atoms with van der Waals surface area (Å²) in [6.45, 7) is 2.39. The molecule has 1 aromatic rings. The summed E-state index contributed by atoms with van der Waals surface area (Å²) >= 11 is 0. The van der Waals surface area contributed by atoms with Crippen LogP contribution in [0.4, 0.5) is 16.2 Å². The van der Waals surface area contributed by atoms with E-state index < -0.39 is 0 Å². The van der Waals surface area contributed by atoms with Crippen molar-refractivity contribution in [2.24, 2.45) is 0 Å². The topological polar surface area (TPSA) is 55.6 Å². The number of carbonyl (C=O) groups excluding carboxylic acids is 1. The Morgan fingerprint density at radius 3 is 2.57 bits per heavy atom. The number of cyclic esters (lactones) is 1. The average Bonchev–Trinajstić information content (AvgIpc) is 2.49. The van der Waals surface area contributed by atoms with E-state index in [2.05, 4.69) is 0 Å². The molecule has 4 heteroatoms. The van der Waals surface area contributed by atoms with Crippen molar-refractivity contribution < 1.29 is 9.53 Å². The molecule has 1 amide bonds. The Hall–Kier alpha value is -1.71. The first-order valence-electron chi connectivity index (χ1n) is 4.50. The lowest BCUT2D eigenvalue weighted by Gasteiger charge is -2.17. The molecule has 1 heterocycles. The van der Waals surface area contributed by atoms with E-state index in [4.69, 9.17) is 10.5 Å². The summed E-state index contributed by atoms with van der Waals surface area (Å²) in [5.41, 5.74) is 7.08. The maximum Gasteiger partial charge on any atom is 0.414 e. The van der Waals surface area contributed by atoms with Gasteiger partial charge in [-0.1, -0.05) is 0 Å². The lowest BCUT2D eigenvalue weighted by Crippen LogP contribution is -2.30. The van der Waals surface area contributed by atoms with Gasteiger partial charge in [0, 0.05) is 11.4 Å². The van der Waals surface area contributed by atoms with E-state index in [0.717, 1.165) is 5.69 Å². The fourth-order valence-electron chi connectivity index (χ4n) is 1.51. The van der Waals surface area contributed by atoms with Gasteiger partial charge in [-0.15, -0.1) is 0 Å². The highest BCUT2D eigenvalue weighted by atomic mass is 16.6. The molecule has 0 spiro atoms. The molecule has 1 saturated heterocycles. The van der Waals surface area contributed by atoms with Crippen LogP contribution in [-0.2, 0) is 4.74 Å². The fourth-order valence-corrected chi connectivity index (χ4v) is 1.51. The quantitative estimate of drug-likeness (QED) is 0.688. The average molecular weight is 192 g/mol. The lowest BCUT2D eigenvalue weighted by atomic mass is 10.2. The highest BCUT2D eigenvalue weighted by Gasteiger charge is 2.30. The summed E-state index contributed by atoms with van der Waals surface area (Å²) < 4.78 is 4.92. The standard InChI is InChI=1S/C10H12N2O2/c1-7-6-14-10(13)12(7)9-4-2-8(11)3-5-9/h2-5,7H,6,11H2,1H3. The second-order valence-electron chi connectivity index (χ2n) is 3.39. The fraction of sp³-hybridized carbons (Fsp3) is 0.300. The van der Waals surface area contributed by atoms with E-state index in [0.29, 0.717) is 12.3 Å². The number of nitrogens with two attached hydrogens (primary N) is 1. The highest BCUT2D eigenvalue weighted by molar-refractivity contribution is 5.90. The number of hydrogen-bond donors (Lipinski definition) is 1. The zero-order valence-electron chi connectivity index (χ0n) is 7.93. The van der Waals surface area contributed by atoms with Crippen LogP contribution in [0, 0.1) is 0 Å². The molecule has 2 N–H and O–H groups in total. The van der Waals surface area contributed by atoms with Crippen LogP contribution in [-0.4, -0.2) is 18.7 Å². The minimum absolute atomic E-state index is 0.0890. The molecule has 1 aliphatic heterocycles. The van der Waals surface area contributed by atoms with Crippen molar-refractivity contribution in [1.82, 2.24) is 0 Å². The van der Waals surface area contributed by atoms with Crippen LogP contribution in [0.15, 0.2) is 24.3 Å². The Bertz CT molecular complexity index is 348. The molecule has 1 atom stereocenters. The molecule has 0 saturated carbocycles. The predicted molar refractivity (Wildman–Crippen MR) is 54.1 cm³/mol. The van der Waals surface area contributed by atoms with Crippen LogP contribution in [0.25, 0.3) is 0 Å². The molecule has 0 bridgehead atoms. The number of benzene rings is 1. The lowest BCUT2D eigenvalue weighted by molar-refractivity contribution is 0.179. The number of nitrogens with zero attached hydrogens (tertiary/aromatic N) is 1. The first-order valence-corrected chi connectivity index (χ1v) is 4.50. The van der Waals surface area contributed by atoms with E-state index in [1.165, 1.54) is 0 Å². The third-order valence-electron chi connectivity index (χ3n) is 2.26. The third-order valence-corrected chi connectivity index (χ3v) is 2.26. The van der Waals surface area contributed by atoms with E-state index in [1.54, 1.807) is 17.0 Å². The van der Waals surface area contributed by atoms with Gasteiger partial charge in [0.05, 0.1) is 6.04 Å². The summed E-state index contributed by atoms with van der Waals surface area (Å²) in [4.78, 5) is 13.0. The Morgan fingerprint density at radius 1 is 1.43 bits per heavy atom. The van der Waals surface area contributed by atoms with Crippen LogP contribution in [0.5, 0.6) is 0 Å². The van der Waals surface area contributed by atoms with Crippen molar-refractivity contribution in [2.75, 3.05) is 17.2 Å². The van der Waals surface area contributed by atoms with Gasteiger partial charge in [-0.2, -0.15) is 0 Å². The van der Waals surface area contributed by atoms with Gasteiger partial charge >= 0.3 is 6.09 Å². The van der Waals surface area contributed by atoms with Crippen molar-refractivity contribution in [1.29, 1.82) is 0 Å². The Kier molecular flexibility index (Phi) is 2.04. The van der Waals surface area contributed by atoms with E-state index in [-0.39, 0.29) is 12.1 Å². The monoisotopic (exact) mass is 192 g/mol. The summed E-state index contributed by atoms with van der Waals surface area (Å²) in [5.74, 6) is 0. The maximum absolute atomic E-state index is 11.3. The number of hydrogen-bond acceptors (Lipinski definition) is 3. The zero-order valence-corrected chi connectivity index (χ0v) is 7.93. The van der Waals surface area contributed by atoms with Crippen LogP contribution in [0.2, 0.25) is 0 Å². The largest absolute Gasteiger partial charge is 0.447 e. The number of nitrogen functional groups attached to an aromatic ring is 1. The van der Waals surface area contributed by atoms with Gasteiger partial charge in [0.25, 0.3) is 0 Å². The van der Waals surface area contributed by atoms with E-state index >= 15 is 0 Å². The Balaban J connectivity index is 2.30. The van der Waals surface area contributed by atoms with Crippen molar-refractivity contribution in [2.45, 2.75) is 13.0 Å². The smallest absolute Gasteiger partial charge is 0.414 e. The van der Waals surface area contributed by atoms with Gasteiger partial charge in [-0.25, -0.2) is 4.79 Å². The highest BCUT2D eigenvalue weighted by Crippen LogP contribution is 2.23. The first kappa shape index (κ1) is 8.87. The third kappa shape index (κ3) is 1.39. The normalized spacial score (nSPS) is 21.1. The van der Waals surface area contributed by atoms with Crippen LogP contribution in [0.3, 0.4) is 0 Å². The number of carbonyl (C=O) groups is 1. The molecule has 1 aliphatic rings. The van der Waals surface area contributed by atoms with Crippen LogP contribution < -0.4 is 10.6 Å². The summed E-state index contributed by atoms with van der Waals surface area (Å²) in [6, 6.07) is 7.27. The molecule has 0 radical (unpaired) electrons. The number of anilines is 2. The van der Waals surface area contributed by atoms with E-state index in [1.807, 2.05) is 19.1 Å². The zero-order chi connectivity index (χ0) is 10.1.